The number of carbonyl (C=O) groups is 1. The molecule has 4 N–H and O–H groups in total. The van der Waals surface area contributed by atoms with Gasteiger partial charge in [-0.05, 0) is 42.4 Å². The minimum absolute atomic E-state index is 0.134. The zero-order valence-corrected chi connectivity index (χ0v) is 11.0. The Morgan fingerprint density at radius 3 is 3.00 bits per heavy atom. The van der Waals surface area contributed by atoms with Crippen LogP contribution in [0.1, 0.15) is 23.3 Å². The van der Waals surface area contributed by atoms with Gasteiger partial charge in [-0.1, -0.05) is 0 Å². The van der Waals surface area contributed by atoms with Gasteiger partial charge in [0.15, 0.2) is 0 Å². The van der Waals surface area contributed by atoms with E-state index in [0.29, 0.717) is 17.3 Å². The Labute approximate surface area is 111 Å². The fourth-order valence-corrected chi connectivity index (χ4v) is 3.13. The summed E-state index contributed by atoms with van der Waals surface area (Å²) in [5.41, 5.74) is 3.59. The van der Waals surface area contributed by atoms with Crippen LogP contribution in [0.5, 0.6) is 0 Å². The first-order chi connectivity index (χ1) is 8.79. The second kappa shape index (κ2) is 6.61. The van der Waals surface area contributed by atoms with E-state index in [1.54, 1.807) is 18.3 Å². The molecule has 0 radical (unpaired) electrons. The van der Waals surface area contributed by atoms with Crippen molar-refractivity contribution in [1.29, 1.82) is 0 Å². The summed E-state index contributed by atoms with van der Waals surface area (Å²) >= 11 is 1.99. The Balaban J connectivity index is 1.86. The first-order valence-electron chi connectivity index (χ1n) is 6.08. The number of carbonyl (C=O) groups excluding carboxylic acids is 1. The van der Waals surface area contributed by atoms with Crippen LogP contribution < -0.4 is 16.6 Å². The third-order valence-electron chi connectivity index (χ3n) is 3.05. The minimum Gasteiger partial charge on any atom is -0.350 e. The van der Waals surface area contributed by atoms with Crippen LogP contribution >= 0.6 is 11.8 Å². The van der Waals surface area contributed by atoms with Gasteiger partial charge in [0.2, 0.25) is 0 Å². The van der Waals surface area contributed by atoms with Crippen LogP contribution in [-0.4, -0.2) is 28.9 Å². The normalized spacial score (nSPS) is 16.3. The average molecular weight is 266 g/mol. The number of rotatable bonds is 4. The molecule has 1 fully saturated rings. The summed E-state index contributed by atoms with van der Waals surface area (Å²) in [6, 6.07) is 3.36. The smallest absolute Gasteiger partial charge is 0.269 e. The molecule has 1 amide bonds. The number of thioether (sulfide) groups is 1. The Morgan fingerprint density at radius 2 is 2.28 bits per heavy atom. The molecule has 1 aliphatic heterocycles. The van der Waals surface area contributed by atoms with Crippen LogP contribution in [0, 0.1) is 5.92 Å². The zero-order valence-electron chi connectivity index (χ0n) is 10.2. The lowest BCUT2D eigenvalue weighted by molar-refractivity contribution is 0.0941. The molecule has 6 heteroatoms. The number of hydrogen-bond acceptors (Lipinski definition) is 5. The molecule has 1 saturated heterocycles. The number of nitrogens with one attached hydrogen (secondary N) is 2. The Hall–Kier alpha value is -1.27. The molecule has 0 bridgehead atoms. The molecule has 1 aliphatic rings. The van der Waals surface area contributed by atoms with E-state index in [4.69, 9.17) is 5.84 Å². The van der Waals surface area contributed by atoms with Crippen LogP contribution in [0.2, 0.25) is 0 Å². The maximum absolute atomic E-state index is 11.9. The summed E-state index contributed by atoms with van der Waals surface area (Å²) in [5.74, 6) is 8.17. The molecular formula is C12H18N4OS. The maximum Gasteiger partial charge on any atom is 0.269 e. The monoisotopic (exact) mass is 266 g/mol. The fraction of sp³-hybridized carbons (Fsp3) is 0.500. The summed E-state index contributed by atoms with van der Waals surface area (Å²) in [4.78, 5) is 15.9. The van der Waals surface area contributed by atoms with E-state index in [9.17, 15) is 4.79 Å². The van der Waals surface area contributed by atoms with Gasteiger partial charge in [0.25, 0.3) is 5.91 Å². The predicted molar refractivity (Wildman–Crippen MR) is 74.4 cm³/mol. The lowest BCUT2D eigenvalue weighted by Crippen LogP contribution is -2.31. The van der Waals surface area contributed by atoms with Crippen molar-refractivity contribution in [3.8, 4) is 0 Å². The lowest BCUT2D eigenvalue weighted by Gasteiger charge is -2.21. The summed E-state index contributed by atoms with van der Waals surface area (Å²) in [6.45, 7) is 0.737. The number of nitrogens with two attached hydrogens (primary N) is 1. The van der Waals surface area contributed by atoms with Gasteiger partial charge in [0, 0.05) is 12.7 Å². The van der Waals surface area contributed by atoms with E-state index in [-0.39, 0.29) is 5.91 Å². The summed E-state index contributed by atoms with van der Waals surface area (Å²) in [5, 5.41) is 2.94. The topological polar surface area (TPSA) is 80.0 Å². The van der Waals surface area contributed by atoms with Crippen LogP contribution in [0.4, 0.5) is 5.69 Å². The van der Waals surface area contributed by atoms with E-state index >= 15 is 0 Å². The second-order valence-electron chi connectivity index (χ2n) is 4.34. The second-order valence-corrected chi connectivity index (χ2v) is 5.56. The van der Waals surface area contributed by atoms with Crippen LogP contribution in [0.3, 0.4) is 0 Å². The number of pyridine rings is 1. The van der Waals surface area contributed by atoms with Crippen molar-refractivity contribution in [2.45, 2.75) is 12.8 Å². The Bertz CT molecular complexity index is 407. The van der Waals surface area contributed by atoms with Gasteiger partial charge in [-0.15, -0.1) is 0 Å². The van der Waals surface area contributed by atoms with Gasteiger partial charge in [0.05, 0.1) is 5.69 Å². The van der Waals surface area contributed by atoms with Crippen LogP contribution in [0.25, 0.3) is 0 Å². The number of nitrogens with zero attached hydrogens (tertiary/aromatic N) is 1. The number of hydrogen-bond donors (Lipinski definition) is 3. The molecule has 0 saturated carbocycles. The summed E-state index contributed by atoms with van der Waals surface area (Å²) in [7, 11) is 0. The summed E-state index contributed by atoms with van der Waals surface area (Å²) in [6.07, 6.45) is 3.94. The molecule has 5 nitrogen and oxygen atoms in total. The highest BCUT2D eigenvalue weighted by atomic mass is 32.2. The van der Waals surface area contributed by atoms with Gasteiger partial charge in [-0.2, -0.15) is 11.8 Å². The van der Waals surface area contributed by atoms with Crippen LogP contribution in [-0.2, 0) is 0 Å². The number of hydrazine groups is 1. The molecular weight excluding hydrogens is 248 g/mol. The van der Waals surface area contributed by atoms with Gasteiger partial charge in [-0.25, -0.2) is 0 Å². The molecule has 1 aromatic heterocycles. The SMILES string of the molecule is NNc1ccnc(C(=O)NCC2CCSCC2)c1. The highest BCUT2D eigenvalue weighted by Gasteiger charge is 2.15. The van der Waals surface area contributed by atoms with Crippen molar-refractivity contribution in [2.75, 3.05) is 23.5 Å². The number of aromatic nitrogens is 1. The van der Waals surface area contributed by atoms with Gasteiger partial charge >= 0.3 is 0 Å². The fourth-order valence-electron chi connectivity index (χ4n) is 1.92. The number of amides is 1. The predicted octanol–water partition coefficient (Wildman–Crippen LogP) is 1.24. The third-order valence-corrected chi connectivity index (χ3v) is 4.10. The number of nitrogen functional groups attached to an aromatic ring is 1. The van der Waals surface area contributed by atoms with Gasteiger partial charge < -0.3 is 10.7 Å². The van der Waals surface area contributed by atoms with Gasteiger partial charge in [-0.3, -0.25) is 15.6 Å². The van der Waals surface area contributed by atoms with Crippen LogP contribution in [0.15, 0.2) is 18.3 Å². The maximum atomic E-state index is 11.9. The van der Waals surface area contributed by atoms with E-state index in [1.165, 1.54) is 24.3 Å². The molecule has 0 unspecified atom stereocenters. The first-order valence-corrected chi connectivity index (χ1v) is 7.23. The summed E-state index contributed by atoms with van der Waals surface area (Å²) < 4.78 is 0. The average Bonchev–Trinajstić information content (AvgIpc) is 2.46. The van der Waals surface area contributed by atoms with Crippen molar-refractivity contribution < 1.29 is 4.79 Å². The van der Waals surface area contributed by atoms with Crippen molar-refractivity contribution in [2.24, 2.45) is 11.8 Å². The quantitative estimate of drug-likeness (QED) is 0.564. The Kier molecular flexibility index (Phi) is 4.83. The molecule has 0 aromatic carbocycles. The highest BCUT2D eigenvalue weighted by molar-refractivity contribution is 7.99. The lowest BCUT2D eigenvalue weighted by atomic mass is 10.0. The Morgan fingerprint density at radius 1 is 1.50 bits per heavy atom. The standard InChI is InChI=1S/C12H18N4OS/c13-16-10-1-4-14-11(7-10)12(17)15-8-9-2-5-18-6-3-9/h1,4,7,9H,2-3,5-6,8,13H2,(H,14,16)(H,15,17). The van der Waals surface area contributed by atoms with E-state index < -0.39 is 0 Å². The van der Waals surface area contributed by atoms with Crippen molar-refractivity contribution in [1.82, 2.24) is 10.3 Å². The molecule has 0 aliphatic carbocycles. The zero-order chi connectivity index (χ0) is 12.8. The number of anilines is 1. The van der Waals surface area contributed by atoms with Crippen molar-refractivity contribution >= 4 is 23.4 Å². The van der Waals surface area contributed by atoms with E-state index in [1.807, 2.05) is 11.8 Å². The minimum atomic E-state index is -0.134. The largest absolute Gasteiger partial charge is 0.350 e. The molecule has 0 spiro atoms. The van der Waals surface area contributed by atoms with E-state index in [2.05, 4.69) is 15.7 Å². The molecule has 0 atom stereocenters. The van der Waals surface area contributed by atoms with Crippen molar-refractivity contribution in [3.63, 3.8) is 0 Å². The molecule has 2 rings (SSSR count). The molecule has 2 heterocycles. The molecule has 1 aromatic rings. The third kappa shape index (κ3) is 3.61. The van der Waals surface area contributed by atoms with Gasteiger partial charge in [0.1, 0.15) is 5.69 Å². The molecule has 18 heavy (non-hydrogen) atoms. The first kappa shape index (κ1) is 13.2. The molecule has 98 valence electrons. The highest BCUT2D eigenvalue weighted by Crippen LogP contribution is 2.21. The van der Waals surface area contributed by atoms with Crippen molar-refractivity contribution in [3.05, 3.63) is 24.0 Å². The van der Waals surface area contributed by atoms with E-state index in [0.717, 1.165) is 6.54 Å².